The topological polar surface area (TPSA) is 89.8 Å². The van der Waals surface area contributed by atoms with Crippen molar-refractivity contribution in [1.29, 1.82) is 0 Å². The molecule has 0 aliphatic carbocycles. The van der Waals surface area contributed by atoms with Crippen LogP contribution in [0.25, 0.3) is 11.0 Å². The number of benzene rings is 3. The standard InChI is InChI=1S/C27H26N2O5/c1-16-10-11-20-19(15-34-26(20)17(16)2)12-25(30)28-21-13-24(33-4)22(14-23(21)32-3)29-27(31)18-8-6-5-7-9-18/h5-11,13-15H,12H2,1-4H3,(H,28,30)(H,29,31). The van der Waals surface area contributed by atoms with E-state index in [1.54, 1.807) is 42.7 Å². The number of hydrogen-bond donors (Lipinski definition) is 2. The first-order valence-electron chi connectivity index (χ1n) is 10.8. The lowest BCUT2D eigenvalue weighted by Gasteiger charge is -2.16. The molecule has 0 radical (unpaired) electrons. The van der Waals surface area contributed by atoms with Crippen LogP contribution < -0.4 is 20.1 Å². The monoisotopic (exact) mass is 458 g/mol. The summed E-state index contributed by atoms with van der Waals surface area (Å²) in [4.78, 5) is 25.5. The summed E-state index contributed by atoms with van der Waals surface area (Å²) >= 11 is 0. The third-order valence-corrected chi connectivity index (χ3v) is 5.77. The Morgan fingerprint density at radius 2 is 1.53 bits per heavy atom. The van der Waals surface area contributed by atoms with Gasteiger partial charge in [-0.2, -0.15) is 0 Å². The van der Waals surface area contributed by atoms with Crippen molar-refractivity contribution in [2.45, 2.75) is 20.3 Å². The van der Waals surface area contributed by atoms with Gasteiger partial charge >= 0.3 is 0 Å². The van der Waals surface area contributed by atoms with Crippen molar-refractivity contribution in [2.75, 3.05) is 24.9 Å². The summed E-state index contributed by atoms with van der Waals surface area (Å²) in [5.74, 6) is 0.263. The molecule has 0 aliphatic rings. The molecule has 0 bridgehead atoms. The third kappa shape index (κ3) is 4.59. The van der Waals surface area contributed by atoms with Crippen molar-refractivity contribution in [3.8, 4) is 11.5 Å². The summed E-state index contributed by atoms with van der Waals surface area (Å²) in [7, 11) is 2.99. The molecule has 0 spiro atoms. The molecule has 0 unspecified atom stereocenters. The third-order valence-electron chi connectivity index (χ3n) is 5.77. The number of rotatable bonds is 7. The Morgan fingerprint density at radius 3 is 2.18 bits per heavy atom. The molecular weight excluding hydrogens is 432 g/mol. The van der Waals surface area contributed by atoms with Gasteiger partial charge in [-0.15, -0.1) is 0 Å². The Hall–Kier alpha value is -4.26. The maximum atomic E-state index is 12.9. The first-order valence-corrected chi connectivity index (χ1v) is 10.8. The van der Waals surface area contributed by atoms with Crippen molar-refractivity contribution in [2.24, 2.45) is 0 Å². The van der Waals surface area contributed by atoms with Gasteiger partial charge in [0, 0.05) is 28.6 Å². The van der Waals surface area contributed by atoms with Gasteiger partial charge in [-0.25, -0.2) is 0 Å². The lowest BCUT2D eigenvalue weighted by atomic mass is 10.0. The van der Waals surface area contributed by atoms with Crippen LogP contribution in [-0.2, 0) is 11.2 Å². The molecule has 1 aromatic heterocycles. The number of furan rings is 1. The molecule has 1 heterocycles. The molecule has 0 saturated carbocycles. The van der Waals surface area contributed by atoms with Crippen LogP contribution >= 0.6 is 0 Å². The van der Waals surface area contributed by atoms with Gasteiger partial charge in [-0.3, -0.25) is 9.59 Å². The number of nitrogens with one attached hydrogen (secondary N) is 2. The number of amides is 2. The second kappa shape index (κ2) is 9.70. The molecule has 4 rings (SSSR count). The summed E-state index contributed by atoms with van der Waals surface area (Å²) in [6.07, 6.45) is 1.75. The zero-order valence-electron chi connectivity index (χ0n) is 19.5. The van der Waals surface area contributed by atoms with Crippen LogP contribution in [0.2, 0.25) is 0 Å². The fraction of sp³-hybridized carbons (Fsp3) is 0.185. The van der Waals surface area contributed by atoms with Crippen molar-refractivity contribution >= 4 is 34.2 Å². The summed E-state index contributed by atoms with van der Waals surface area (Å²) in [5, 5.41) is 6.63. The number of hydrogen-bond acceptors (Lipinski definition) is 5. The quantitative estimate of drug-likeness (QED) is 0.382. The van der Waals surface area contributed by atoms with Gasteiger partial charge in [0.25, 0.3) is 5.91 Å². The van der Waals surface area contributed by atoms with E-state index in [9.17, 15) is 9.59 Å². The highest BCUT2D eigenvalue weighted by Crippen LogP contribution is 2.37. The van der Waals surface area contributed by atoms with E-state index in [0.717, 1.165) is 27.7 Å². The van der Waals surface area contributed by atoms with Gasteiger partial charge in [0.05, 0.1) is 38.3 Å². The van der Waals surface area contributed by atoms with E-state index >= 15 is 0 Å². The lowest BCUT2D eigenvalue weighted by Crippen LogP contribution is -2.16. The van der Waals surface area contributed by atoms with Gasteiger partial charge in [0.1, 0.15) is 17.1 Å². The second-order valence-electron chi connectivity index (χ2n) is 7.94. The Kier molecular flexibility index (Phi) is 6.54. The SMILES string of the molecule is COc1cc(NC(=O)c2ccccc2)c(OC)cc1NC(=O)Cc1coc2c(C)c(C)ccc12. The molecular formula is C27H26N2O5. The Labute approximate surface area is 197 Å². The number of fused-ring (bicyclic) bond motifs is 1. The van der Waals surface area contributed by atoms with Crippen LogP contribution in [0.3, 0.4) is 0 Å². The molecule has 0 fully saturated rings. The molecule has 0 atom stereocenters. The van der Waals surface area contributed by atoms with Gasteiger partial charge in [0.15, 0.2) is 0 Å². The fourth-order valence-electron chi connectivity index (χ4n) is 3.77. The summed E-state index contributed by atoms with van der Waals surface area (Å²) in [5.41, 5.74) is 5.16. The maximum absolute atomic E-state index is 12.9. The Bertz CT molecular complexity index is 1360. The number of ether oxygens (including phenoxy) is 2. The zero-order valence-corrected chi connectivity index (χ0v) is 19.5. The first kappa shape index (κ1) is 22.9. The lowest BCUT2D eigenvalue weighted by molar-refractivity contribution is -0.115. The average molecular weight is 459 g/mol. The van der Waals surface area contributed by atoms with E-state index in [0.29, 0.717) is 28.4 Å². The summed E-state index contributed by atoms with van der Waals surface area (Å²) in [6.45, 7) is 4.02. The molecule has 2 amide bonds. The van der Waals surface area contributed by atoms with Crippen molar-refractivity contribution < 1.29 is 23.5 Å². The van der Waals surface area contributed by atoms with Gasteiger partial charge < -0.3 is 24.5 Å². The predicted octanol–water partition coefficient (Wildman–Crippen LogP) is 5.50. The van der Waals surface area contributed by atoms with E-state index in [-0.39, 0.29) is 18.2 Å². The molecule has 3 aromatic carbocycles. The molecule has 34 heavy (non-hydrogen) atoms. The van der Waals surface area contributed by atoms with Crippen LogP contribution in [0.4, 0.5) is 11.4 Å². The fourth-order valence-corrected chi connectivity index (χ4v) is 3.77. The zero-order chi connectivity index (χ0) is 24.2. The highest BCUT2D eigenvalue weighted by atomic mass is 16.5. The molecule has 174 valence electrons. The largest absolute Gasteiger partial charge is 0.494 e. The minimum atomic E-state index is -0.282. The summed E-state index contributed by atoms with van der Waals surface area (Å²) in [6, 6.07) is 16.1. The minimum absolute atomic E-state index is 0.132. The van der Waals surface area contributed by atoms with E-state index in [4.69, 9.17) is 13.9 Å². The molecule has 0 aliphatic heterocycles. The molecule has 4 aromatic rings. The van der Waals surface area contributed by atoms with Crippen molar-refractivity contribution in [1.82, 2.24) is 0 Å². The Morgan fingerprint density at radius 1 is 0.882 bits per heavy atom. The van der Waals surface area contributed by atoms with Crippen LogP contribution in [0, 0.1) is 13.8 Å². The average Bonchev–Trinajstić information content (AvgIpc) is 3.25. The number of anilines is 2. The van der Waals surface area contributed by atoms with Crippen LogP contribution in [0.1, 0.15) is 27.0 Å². The minimum Gasteiger partial charge on any atom is -0.494 e. The number of methoxy groups -OCH3 is 2. The molecule has 7 nitrogen and oxygen atoms in total. The van der Waals surface area contributed by atoms with Gasteiger partial charge in [-0.05, 0) is 37.1 Å². The van der Waals surface area contributed by atoms with Gasteiger partial charge in [0.2, 0.25) is 5.91 Å². The highest BCUT2D eigenvalue weighted by Gasteiger charge is 2.18. The molecule has 0 saturated heterocycles. The summed E-state index contributed by atoms with van der Waals surface area (Å²) < 4.78 is 16.6. The highest BCUT2D eigenvalue weighted by molar-refractivity contribution is 6.05. The van der Waals surface area contributed by atoms with E-state index in [1.807, 2.05) is 32.0 Å². The number of aryl methyl sites for hydroxylation is 2. The normalized spacial score (nSPS) is 10.7. The molecule has 2 N–H and O–H groups in total. The van der Waals surface area contributed by atoms with Crippen molar-refractivity contribution in [3.63, 3.8) is 0 Å². The first-order chi connectivity index (χ1) is 16.4. The van der Waals surface area contributed by atoms with E-state index < -0.39 is 0 Å². The van der Waals surface area contributed by atoms with Gasteiger partial charge in [-0.1, -0.05) is 30.3 Å². The smallest absolute Gasteiger partial charge is 0.255 e. The van der Waals surface area contributed by atoms with Crippen LogP contribution in [0.15, 0.2) is 65.3 Å². The van der Waals surface area contributed by atoms with Crippen LogP contribution in [-0.4, -0.2) is 26.0 Å². The van der Waals surface area contributed by atoms with Crippen LogP contribution in [0.5, 0.6) is 11.5 Å². The predicted molar refractivity (Wildman–Crippen MR) is 132 cm³/mol. The number of carbonyl (C=O) groups excluding carboxylic acids is 2. The maximum Gasteiger partial charge on any atom is 0.255 e. The second-order valence-corrected chi connectivity index (χ2v) is 7.94. The molecule has 7 heteroatoms. The van der Waals surface area contributed by atoms with E-state index in [2.05, 4.69) is 10.6 Å². The number of carbonyl (C=O) groups is 2. The van der Waals surface area contributed by atoms with E-state index in [1.165, 1.54) is 14.2 Å². The Balaban J connectivity index is 1.55. The van der Waals surface area contributed by atoms with Crippen molar-refractivity contribution in [3.05, 3.63) is 83.1 Å².